The van der Waals surface area contributed by atoms with E-state index in [1.807, 2.05) is 25.3 Å². The molecule has 0 aromatic carbocycles. The topological polar surface area (TPSA) is 91.4 Å². The highest BCUT2D eigenvalue weighted by Crippen LogP contribution is 2.30. The zero-order valence-corrected chi connectivity index (χ0v) is 19.0. The Labute approximate surface area is 184 Å². The predicted octanol–water partition coefficient (Wildman–Crippen LogP) is 3.69. The molecule has 3 rings (SSSR count). The number of thiophene rings is 1. The van der Waals surface area contributed by atoms with E-state index in [1.165, 1.54) is 22.7 Å². The Balaban J connectivity index is 1.64. The van der Waals surface area contributed by atoms with E-state index >= 15 is 0 Å². The molecule has 2 heterocycles. The van der Waals surface area contributed by atoms with Gasteiger partial charge < -0.3 is 10.2 Å². The molecule has 0 bridgehead atoms. The highest BCUT2D eigenvalue weighted by Gasteiger charge is 2.42. The first-order chi connectivity index (χ1) is 14.5. The number of nitrogens with one attached hydrogen (secondary N) is 2. The lowest BCUT2D eigenvalue weighted by Gasteiger charge is -2.40. The minimum atomic E-state index is -0.812. The van der Waals surface area contributed by atoms with Crippen LogP contribution >= 0.6 is 22.7 Å². The van der Waals surface area contributed by atoms with Crippen LogP contribution in [0.4, 0.5) is 5.13 Å². The minimum Gasteiger partial charge on any atom is -0.341 e. The van der Waals surface area contributed by atoms with Crippen molar-refractivity contribution in [3.8, 4) is 0 Å². The minimum absolute atomic E-state index is 0.0164. The third kappa shape index (κ3) is 5.26. The highest BCUT2D eigenvalue weighted by molar-refractivity contribution is 7.14. The van der Waals surface area contributed by atoms with Crippen molar-refractivity contribution in [2.24, 2.45) is 0 Å². The number of hydrogen-bond donors (Lipinski definition) is 2. The molecule has 1 saturated carbocycles. The van der Waals surface area contributed by atoms with Crippen LogP contribution in [0.1, 0.15) is 61.3 Å². The lowest BCUT2D eigenvalue weighted by atomic mass is 9.80. The fraction of sp³-hybridized carbons (Fsp3) is 0.524. The van der Waals surface area contributed by atoms with Crippen molar-refractivity contribution in [3.05, 3.63) is 33.5 Å². The van der Waals surface area contributed by atoms with Crippen molar-refractivity contribution in [2.45, 2.75) is 57.9 Å². The molecule has 2 aromatic rings. The molecule has 1 aliphatic carbocycles. The maximum absolute atomic E-state index is 13.2. The fourth-order valence-corrected chi connectivity index (χ4v) is 5.17. The van der Waals surface area contributed by atoms with Crippen molar-refractivity contribution in [2.75, 3.05) is 18.4 Å². The molecule has 0 atom stereocenters. The molecule has 1 aliphatic rings. The summed E-state index contributed by atoms with van der Waals surface area (Å²) in [7, 11) is 0. The van der Waals surface area contributed by atoms with Gasteiger partial charge in [-0.3, -0.25) is 19.7 Å². The number of aromatic nitrogens is 1. The van der Waals surface area contributed by atoms with E-state index in [2.05, 4.69) is 15.6 Å². The van der Waals surface area contributed by atoms with Gasteiger partial charge >= 0.3 is 0 Å². The molecule has 2 N–H and O–H groups in total. The third-order valence-electron chi connectivity index (χ3n) is 5.40. The largest absolute Gasteiger partial charge is 0.341 e. The van der Waals surface area contributed by atoms with Crippen LogP contribution in [0, 0.1) is 0 Å². The van der Waals surface area contributed by atoms with Gasteiger partial charge in [-0.2, -0.15) is 0 Å². The standard InChI is InChI=1S/C21H28N4O3S2/c1-3-25(4-2)19(28)21(10-6-5-7-11-21)24-17(26)13-15-14-30-20(22-15)23-18(27)16-9-8-12-29-16/h8-9,12,14H,3-7,10-11,13H2,1-2H3,(H,24,26)(H,22,23,27). The van der Waals surface area contributed by atoms with Gasteiger partial charge in [-0.25, -0.2) is 4.98 Å². The molecule has 1 fully saturated rings. The van der Waals surface area contributed by atoms with Crippen molar-refractivity contribution in [1.82, 2.24) is 15.2 Å². The van der Waals surface area contributed by atoms with Crippen LogP contribution in [0.3, 0.4) is 0 Å². The van der Waals surface area contributed by atoms with Crippen LogP contribution in [0.25, 0.3) is 0 Å². The monoisotopic (exact) mass is 448 g/mol. The summed E-state index contributed by atoms with van der Waals surface area (Å²) in [5.41, 5.74) is -0.228. The van der Waals surface area contributed by atoms with Gasteiger partial charge in [-0.15, -0.1) is 22.7 Å². The second-order valence-corrected chi connectivity index (χ2v) is 9.23. The van der Waals surface area contributed by atoms with E-state index in [0.717, 1.165) is 19.3 Å². The van der Waals surface area contributed by atoms with E-state index in [-0.39, 0.29) is 24.1 Å². The maximum atomic E-state index is 13.2. The van der Waals surface area contributed by atoms with Crippen molar-refractivity contribution >= 4 is 45.5 Å². The van der Waals surface area contributed by atoms with Crippen molar-refractivity contribution in [1.29, 1.82) is 0 Å². The van der Waals surface area contributed by atoms with Gasteiger partial charge in [0.1, 0.15) is 5.54 Å². The van der Waals surface area contributed by atoms with Crippen molar-refractivity contribution < 1.29 is 14.4 Å². The Morgan fingerprint density at radius 3 is 2.50 bits per heavy atom. The van der Waals surface area contributed by atoms with Gasteiger partial charge in [0.05, 0.1) is 17.0 Å². The number of thiazole rings is 1. The summed E-state index contributed by atoms with van der Waals surface area (Å²) in [6.45, 7) is 5.18. The molecular formula is C21H28N4O3S2. The molecule has 7 nitrogen and oxygen atoms in total. The molecule has 9 heteroatoms. The zero-order valence-electron chi connectivity index (χ0n) is 17.4. The van der Waals surface area contributed by atoms with Crippen LogP contribution in [-0.2, 0) is 16.0 Å². The normalized spacial score (nSPS) is 15.4. The van der Waals surface area contributed by atoms with Gasteiger partial charge in [0.2, 0.25) is 11.8 Å². The molecule has 0 spiro atoms. The molecular weight excluding hydrogens is 420 g/mol. The first-order valence-corrected chi connectivity index (χ1v) is 12.1. The lowest BCUT2D eigenvalue weighted by molar-refractivity contribution is -0.143. The molecule has 30 heavy (non-hydrogen) atoms. The molecule has 2 aromatic heterocycles. The Morgan fingerprint density at radius 1 is 1.13 bits per heavy atom. The number of hydrogen-bond acceptors (Lipinski definition) is 6. The van der Waals surface area contributed by atoms with Crippen LogP contribution in [0.2, 0.25) is 0 Å². The Kier molecular flexibility index (Phi) is 7.60. The fourth-order valence-electron chi connectivity index (χ4n) is 3.85. The molecule has 162 valence electrons. The molecule has 0 unspecified atom stereocenters. The number of anilines is 1. The first-order valence-electron chi connectivity index (χ1n) is 10.4. The van der Waals surface area contributed by atoms with Crippen LogP contribution < -0.4 is 10.6 Å². The summed E-state index contributed by atoms with van der Waals surface area (Å²) >= 11 is 2.65. The Bertz CT molecular complexity index is 869. The van der Waals surface area contributed by atoms with Gasteiger partial charge in [0.25, 0.3) is 5.91 Å². The Hall–Kier alpha value is -2.26. The quantitative estimate of drug-likeness (QED) is 0.644. The van der Waals surface area contributed by atoms with E-state index in [9.17, 15) is 14.4 Å². The molecule has 0 saturated heterocycles. The van der Waals surface area contributed by atoms with Gasteiger partial charge in [-0.05, 0) is 38.1 Å². The van der Waals surface area contributed by atoms with Crippen LogP contribution in [-0.4, -0.2) is 46.2 Å². The summed E-state index contributed by atoms with van der Waals surface area (Å²) in [5, 5.41) is 9.88. The van der Waals surface area contributed by atoms with Crippen LogP contribution in [0.5, 0.6) is 0 Å². The second-order valence-electron chi connectivity index (χ2n) is 7.42. The zero-order chi connectivity index (χ0) is 21.6. The second kappa shape index (κ2) is 10.2. The number of carbonyl (C=O) groups is 3. The number of rotatable bonds is 8. The van der Waals surface area contributed by atoms with E-state index < -0.39 is 5.54 Å². The first kappa shape index (κ1) is 22.4. The number of amides is 3. The molecule has 0 radical (unpaired) electrons. The summed E-state index contributed by atoms with van der Waals surface area (Å²) in [6.07, 6.45) is 4.38. The third-order valence-corrected chi connectivity index (χ3v) is 7.08. The van der Waals surface area contributed by atoms with Gasteiger partial charge in [-0.1, -0.05) is 25.3 Å². The molecule has 0 aliphatic heterocycles. The van der Waals surface area contributed by atoms with Gasteiger partial charge in [0, 0.05) is 18.5 Å². The number of likely N-dealkylation sites (N-methyl/N-ethyl adjacent to an activating group) is 1. The average Bonchev–Trinajstić information content (AvgIpc) is 3.42. The van der Waals surface area contributed by atoms with Gasteiger partial charge in [0.15, 0.2) is 5.13 Å². The van der Waals surface area contributed by atoms with Crippen LogP contribution in [0.15, 0.2) is 22.9 Å². The lowest BCUT2D eigenvalue weighted by Crippen LogP contribution is -2.60. The summed E-state index contributed by atoms with van der Waals surface area (Å²) < 4.78 is 0. The summed E-state index contributed by atoms with van der Waals surface area (Å²) in [5.74, 6) is -0.400. The van der Waals surface area contributed by atoms with Crippen molar-refractivity contribution in [3.63, 3.8) is 0 Å². The maximum Gasteiger partial charge on any atom is 0.267 e. The average molecular weight is 449 g/mol. The van der Waals surface area contributed by atoms with E-state index in [0.29, 0.717) is 41.6 Å². The van der Waals surface area contributed by atoms with E-state index in [4.69, 9.17) is 0 Å². The Morgan fingerprint density at radius 2 is 1.87 bits per heavy atom. The summed E-state index contributed by atoms with van der Waals surface area (Å²) in [4.78, 5) is 44.9. The highest BCUT2D eigenvalue weighted by atomic mass is 32.1. The smallest absolute Gasteiger partial charge is 0.267 e. The molecule has 3 amide bonds. The predicted molar refractivity (Wildman–Crippen MR) is 120 cm³/mol. The number of carbonyl (C=O) groups excluding carboxylic acids is 3. The SMILES string of the molecule is CCN(CC)C(=O)C1(NC(=O)Cc2csc(NC(=O)c3cccs3)n2)CCCCC1. The van der Waals surface area contributed by atoms with E-state index in [1.54, 1.807) is 16.3 Å². The summed E-state index contributed by atoms with van der Waals surface area (Å²) in [6, 6.07) is 3.57. The number of nitrogens with zero attached hydrogens (tertiary/aromatic N) is 2.